The van der Waals surface area contributed by atoms with Gasteiger partial charge < -0.3 is 10.2 Å². The van der Waals surface area contributed by atoms with Crippen LogP contribution in [0.5, 0.6) is 0 Å². The molecule has 2 N–H and O–H groups in total. The molecule has 0 saturated carbocycles. The van der Waals surface area contributed by atoms with Crippen molar-refractivity contribution in [1.82, 2.24) is 0 Å². The third-order valence-corrected chi connectivity index (χ3v) is 3.02. The molecule has 0 saturated heterocycles. The lowest BCUT2D eigenvalue weighted by Crippen LogP contribution is -2.03. The minimum absolute atomic E-state index is 0.106. The third-order valence-electron chi connectivity index (χ3n) is 3.02. The van der Waals surface area contributed by atoms with Crippen LogP contribution in [0.15, 0.2) is 60.8 Å². The first kappa shape index (κ1) is 21.1. The zero-order valence-electron chi connectivity index (χ0n) is 14.1. The fraction of sp³-hybridized carbons (Fsp3) is 0.450. The van der Waals surface area contributed by atoms with E-state index in [1.54, 1.807) is 12.2 Å². The van der Waals surface area contributed by atoms with E-state index in [4.69, 9.17) is 5.11 Å². The highest BCUT2D eigenvalue weighted by Gasteiger charge is 2.01. The first-order valence-electron chi connectivity index (χ1n) is 8.35. The van der Waals surface area contributed by atoms with Crippen LogP contribution in [0.3, 0.4) is 0 Å². The maximum atomic E-state index is 10.3. The topological polar surface area (TPSA) is 57.5 Å². The lowest BCUT2D eigenvalue weighted by atomic mass is 10.1. The number of aliphatic hydroxyl groups is 1. The van der Waals surface area contributed by atoms with E-state index in [0.717, 1.165) is 25.7 Å². The molecule has 0 spiro atoms. The van der Waals surface area contributed by atoms with Crippen LogP contribution in [-0.2, 0) is 4.79 Å². The number of carboxylic acid groups (broad SMARTS) is 1. The number of aliphatic carboxylic acids is 1. The van der Waals surface area contributed by atoms with Crippen molar-refractivity contribution < 1.29 is 15.0 Å². The normalized spacial score (nSPS) is 14.2. The van der Waals surface area contributed by atoms with Crippen molar-refractivity contribution in [3.8, 4) is 0 Å². The summed E-state index contributed by atoms with van der Waals surface area (Å²) in [6.45, 7) is 2.13. The van der Waals surface area contributed by atoms with Gasteiger partial charge in [-0.25, -0.2) is 0 Å². The summed E-state index contributed by atoms with van der Waals surface area (Å²) in [4.78, 5) is 10.3. The lowest BCUT2D eigenvalue weighted by Gasteiger charge is -2.02. The van der Waals surface area contributed by atoms with Crippen molar-refractivity contribution in [3.05, 3.63) is 60.8 Å². The molecule has 0 bridgehead atoms. The van der Waals surface area contributed by atoms with Crippen LogP contribution in [0.2, 0.25) is 0 Å². The van der Waals surface area contributed by atoms with Crippen molar-refractivity contribution >= 4 is 5.97 Å². The summed E-state index contributed by atoms with van der Waals surface area (Å²) in [7, 11) is 0. The smallest absolute Gasteiger partial charge is 0.303 e. The molecule has 0 heterocycles. The molecule has 3 nitrogen and oxygen atoms in total. The van der Waals surface area contributed by atoms with Gasteiger partial charge in [0.25, 0.3) is 0 Å². The Bertz CT molecular complexity index is 428. The molecule has 0 amide bonds. The Morgan fingerprint density at radius 1 is 0.913 bits per heavy atom. The van der Waals surface area contributed by atoms with E-state index in [-0.39, 0.29) is 6.42 Å². The zero-order valence-corrected chi connectivity index (χ0v) is 14.1. The molecule has 1 atom stereocenters. The molecule has 0 aromatic carbocycles. The third kappa shape index (κ3) is 18.1. The highest BCUT2D eigenvalue weighted by atomic mass is 16.4. The van der Waals surface area contributed by atoms with Crippen molar-refractivity contribution in [1.29, 1.82) is 0 Å². The first-order valence-corrected chi connectivity index (χ1v) is 8.35. The summed E-state index contributed by atoms with van der Waals surface area (Å²) in [5, 5.41) is 18.1. The second-order valence-corrected chi connectivity index (χ2v) is 5.20. The van der Waals surface area contributed by atoms with Crippen molar-refractivity contribution in [2.75, 3.05) is 0 Å². The summed E-state index contributed by atoms with van der Waals surface area (Å²) in [5.74, 6) is -0.819. The number of carbonyl (C=O) groups is 1. The maximum absolute atomic E-state index is 10.3. The van der Waals surface area contributed by atoms with E-state index >= 15 is 0 Å². The molecular formula is C20H30O3. The van der Waals surface area contributed by atoms with Crippen LogP contribution in [-0.4, -0.2) is 22.3 Å². The number of hydrogen-bond acceptors (Lipinski definition) is 2. The van der Waals surface area contributed by atoms with Gasteiger partial charge in [-0.15, -0.1) is 0 Å². The lowest BCUT2D eigenvalue weighted by molar-refractivity contribution is -0.137. The second-order valence-electron chi connectivity index (χ2n) is 5.20. The van der Waals surface area contributed by atoms with E-state index < -0.39 is 12.1 Å². The number of rotatable bonds is 13. The fourth-order valence-electron chi connectivity index (χ4n) is 1.79. The van der Waals surface area contributed by atoms with Gasteiger partial charge in [-0.3, -0.25) is 4.79 Å². The molecule has 23 heavy (non-hydrogen) atoms. The van der Waals surface area contributed by atoms with Gasteiger partial charge in [0.15, 0.2) is 0 Å². The molecule has 0 aliphatic rings. The number of allylic oxidation sites excluding steroid dienone is 9. The predicted molar refractivity (Wildman–Crippen MR) is 97.3 cm³/mol. The molecular weight excluding hydrogens is 288 g/mol. The summed E-state index contributed by atoms with van der Waals surface area (Å²) in [6.07, 6.45) is 24.7. The molecule has 0 radical (unpaired) electrons. The number of carboxylic acids is 1. The Hall–Kier alpha value is -1.87. The van der Waals surface area contributed by atoms with Crippen LogP contribution in [0.25, 0.3) is 0 Å². The summed E-state index contributed by atoms with van der Waals surface area (Å²) in [5.41, 5.74) is 0. The highest BCUT2D eigenvalue weighted by molar-refractivity contribution is 5.66. The highest BCUT2D eigenvalue weighted by Crippen LogP contribution is 2.02. The predicted octanol–water partition coefficient (Wildman–Crippen LogP) is 4.96. The van der Waals surface area contributed by atoms with Gasteiger partial charge in [0.2, 0.25) is 0 Å². The number of aliphatic hydroxyl groups excluding tert-OH is 1. The maximum Gasteiger partial charge on any atom is 0.303 e. The monoisotopic (exact) mass is 318 g/mol. The molecule has 128 valence electrons. The van der Waals surface area contributed by atoms with E-state index in [9.17, 15) is 9.90 Å². The molecule has 0 rings (SSSR count). The average Bonchev–Trinajstić information content (AvgIpc) is 2.51. The van der Waals surface area contributed by atoms with E-state index in [1.807, 2.05) is 12.2 Å². The summed E-state index contributed by atoms with van der Waals surface area (Å²) >= 11 is 0. The van der Waals surface area contributed by atoms with Crippen LogP contribution in [0.1, 0.15) is 51.9 Å². The van der Waals surface area contributed by atoms with Gasteiger partial charge in [0.05, 0.1) is 6.10 Å². The van der Waals surface area contributed by atoms with E-state index in [2.05, 4.69) is 43.4 Å². The standard InChI is InChI=1S/C20H30O3/c1-2-3-4-5-6-7-8-9-10-11-12-13-14-16-19(21)17-15-18-20(22)23/h3-4,6-7,9-10,12-14,16,19,21H,2,5,8,11,15,17-18H2,1H3,(H,22,23)/b4-3+,7-6-,10-9-,13-12-,16-14+/t19-/m1/s1. The second kappa shape index (κ2) is 16.5. The van der Waals surface area contributed by atoms with Gasteiger partial charge in [0, 0.05) is 6.42 Å². The summed E-state index contributed by atoms with van der Waals surface area (Å²) < 4.78 is 0. The Morgan fingerprint density at radius 3 is 2.04 bits per heavy atom. The molecule has 0 unspecified atom stereocenters. The Morgan fingerprint density at radius 2 is 1.48 bits per heavy atom. The molecule has 3 heteroatoms. The quantitative estimate of drug-likeness (QED) is 0.372. The van der Waals surface area contributed by atoms with Crippen LogP contribution >= 0.6 is 0 Å². The van der Waals surface area contributed by atoms with E-state index in [0.29, 0.717) is 12.8 Å². The van der Waals surface area contributed by atoms with E-state index in [1.165, 1.54) is 0 Å². The van der Waals surface area contributed by atoms with Gasteiger partial charge in [-0.05, 0) is 38.5 Å². The molecule has 0 fully saturated rings. The average molecular weight is 318 g/mol. The SMILES string of the molecule is CC/C=C/C/C=C\C/C=C\C/C=C\C=C\[C@@H](O)CCCC(=O)O. The minimum Gasteiger partial charge on any atom is -0.481 e. The summed E-state index contributed by atoms with van der Waals surface area (Å²) in [6, 6.07) is 0. The Kier molecular flexibility index (Phi) is 15.2. The molecule has 0 aromatic heterocycles. The zero-order chi connectivity index (χ0) is 17.2. The van der Waals surface area contributed by atoms with Gasteiger partial charge in [0.1, 0.15) is 0 Å². The Balaban J connectivity index is 3.65. The Labute approximate surface area is 140 Å². The van der Waals surface area contributed by atoms with Gasteiger partial charge >= 0.3 is 5.97 Å². The van der Waals surface area contributed by atoms with Crippen molar-refractivity contribution in [2.24, 2.45) is 0 Å². The van der Waals surface area contributed by atoms with Crippen LogP contribution < -0.4 is 0 Å². The van der Waals surface area contributed by atoms with Crippen molar-refractivity contribution in [3.63, 3.8) is 0 Å². The van der Waals surface area contributed by atoms with Crippen molar-refractivity contribution in [2.45, 2.75) is 58.0 Å². The largest absolute Gasteiger partial charge is 0.481 e. The van der Waals surface area contributed by atoms with Gasteiger partial charge in [-0.1, -0.05) is 67.7 Å². The van der Waals surface area contributed by atoms with Crippen LogP contribution in [0.4, 0.5) is 0 Å². The minimum atomic E-state index is -0.819. The molecule has 0 aromatic rings. The first-order chi connectivity index (χ1) is 11.2. The number of hydrogen-bond donors (Lipinski definition) is 2. The van der Waals surface area contributed by atoms with Crippen LogP contribution in [0, 0.1) is 0 Å². The molecule has 0 aliphatic carbocycles. The molecule has 0 aliphatic heterocycles. The fourth-order valence-corrected chi connectivity index (χ4v) is 1.79. The van der Waals surface area contributed by atoms with Gasteiger partial charge in [-0.2, -0.15) is 0 Å².